The van der Waals surface area contributed by atoms with Crippen molar-refractivity contribution in [3.63, 3.8) is 0 Å². The van der Waals surface area contributed by atoms with Gasteiger partial charge in [-0.1, -0.05) is 53.7 Å². The lowest BCUT2D eigenvalue weighted by molar-refractivity contribution is 0.383. The van der Waals surface area contributed by atoms with E-state index in [1.165, 1.54) is 5.56 Å². The van der Waals surface area contributed by atoms with E-state index in [4.69, 9.17) is 21.4 Å². The van der Waals surface area contributed by atoms with Gasteiger partial charge in [-0.05, 0) is 91.9 Å². The van der Waals surface area contributed by atoms with E-state index in [0.717, 1.165) is 38.6 Å². The number of anilines is 1. The highest BCUT2D eigenvalue weighted by molar-refractivity contribution is 7.99. The molecule has 3 aromatic carbocycles. The highest BCUT2D eigenvalue weighted by Crippen LogP contribution is 2.43. The van der Waals surface area contributed by atoms with Crippen LogP contribution >= 0.6 is 24.0 Å². The number of aryl methyl sites for hydroxylation is 1. The highest BCUT2D eigenvalue weighted by Gasteiger charge is 2.42. The molecule has 188 valence electrons. The van der Waals surface area contributed by atoms with Crippen molar-refractivity contribution in [1.29, 1.82) is 0 Å². The second kappa shape index (κ2) is 10.7. The van der Waals surface area contributed by atoms with Crippen LogP contribution in [0.2, 0.25) is 0 Å². The number of aromatic nitrogens is 1. The van der Waals surface area contributed by atoms with Crippen LogP contribution in [0.4, 0.5) is 5.69 Å². The summed E-state index contributed by atoms with van der Waals surface area (Å²) < 4.78 is 12.4. The van der Waals surface area contributed by atoms with Gasteiger partial charge < -0.3 is 19.4 Å². The second-order valence-corrected chi connectivity index (χ2v) is 10.4. The van der Waals surface area contributed by atoms with E-state index in [2.05, 4.69) is 46.4 Å². The zero-order valence-electron chi connectivity index (χ0n) is 20.7. The van der Waals surface area contributed by atoms with Crippen LogP contribution in [0.1, 0.15) is 29.1 Å². The Kier molecular flexibility index (Phi) is 6.86. The third-order valence-corrected chi connectivity index (χ3v) is 7.57. The van der Waals surface area contributed by atoms with Gasteiger partial charge >= 0.3 is 0 Å². The number of benzene rings is 3. The molecule has 7 heteroatoms. The lowest BCUT2D eigenvalue weighted by atomic mass is 10.0. The maximum atomic E-state index is 6.43. The van der Waals surface area contributed by atoms with Crippen molar-refractivity contribution in [1.82, 2.24) is 10.3 Å². The molecule has 5 aromatic rings. The van der Waals surface area contributed by atoms with Gasteiger partial charge in [0, 0.05) is 16.8 Å². The number of pyridine rings is 1. The molecule has 1 aliphatic rings. The minimum absolute atomic E-state index is 0.174. The van der Waals surface area contributed by atoms with Crippen LogP contribution in [0.25, 0.3) is 0 Å². The average molecular weight is 536 g/mol. The Morgan fingerprint density at radius 2 is 1.58 bits per heavy atom. The first-order chi connectivity index (χ1) is 18.6. The van der Waals surface area contributed by atoms with Crippen LogP contribution < -0.4 is 15.0 Å². The molecule has 6 rings (SSSR count). The molecule has 2 atom stereocenters. The van der Waals surface area contributed by atoms with Crippen molar-refractivity contribution in [2.75, 3.05) is 4.90 Å². The van der Waals surface area contributed by atoms with Gasteiger partial charge in [0.1, 0.15) is 23.3 Å². The van der Waals surface area contributed by atoms with Crippen molar-refractivity contribution in [3.8, 4) is 11.5 Å². The molecule has 2 unspecified atom stereocenters. The molecule has 0 bridgehead atoms. The van der Waals surface area contributed by atoms with Crippen LogP contribution in [0.5, 0.6) is 11.5 Å². The Morgan fingerprint density at radius 3 is 2.32 bits per heavy atom. The summed E-state index contributed by atoms with van der Waals surface area (Å²) in [6, 6.07) is 35.7. The number of furan rings is 1. The zero-order valence-corrected chi connectivity index (χ0v) is 22.3. The van der Waals surface area contributed by atoms with Crippen LogP contribution in [0, 0.1) is 6.92 Å². The van der Waals surface area contributed by atoms with Crippen molar-refractivity contribution in [3.05, 3.63) is 132 Å². The molecular weight excluding hydrogens is 510 g/mol. The summed E-state index contributed by atoms with van der Waals surface area (Å²) in [6.45, 7) is 2.09. The highest BCUT2D eigenvalue weighted by atomic mass is 32.2. The minimum atomic E-state index is -0.217. The quantitative estimate of drug-likeness (QED) is 0.211. The van der Waals surface area contributed by atoms with E-state index < -0.39 is 0 Å². The number of thiocarbonyl (C=S) groups is 1. The summed E-state index contributed by atoms with van der Waals surface area (Å²) in [4.78, 5) is 7.85. The maximum absolute atomic E-state index is 6.43. The lowest BCUT2D eigenvalue weighted by Crippen LogP contribution is -2.29. The predicted molar refractivity (Wildman–Crippen MR) is 155 cm³/mol. The molecule has 1 fully saturated rings. The van der Waals surface area contributed by atoms with Gasteiger partial charge in [-0.2, -0.15) is 0 Å². The Hall–Kier alpha value is -4.07. The molecule has 1 aliphatic heterocycles. The first kappa shape index (κ1) is 24.3. The van der Waals surface area contributed by atoms with Crippen molar-refractivity contribution in [2.45, 2.75) is 29.0 Å². The Morgan fingerprint density at radius 1 is 0.842 bits per heavy atom. The van der Waals surface area contributed by atoms with Gasteiger partial charge in [0.2, 0.25) is 0 Å². The second-order valence-electron chi connectivity index (χ2n) is 8.98. The number of hydrogen-bond acceptors (Lipinski definition) is 5. The van der Waals surface area contributed by atoms with Gasteiger partial charge in [0.15, 0.2) is 10.2 Å². The summed E-state index contributed by atoms with van der Waals surface area (Å²) in [5, 5.41) is 4.93. The molecular formula is C31H25N3O2S2. The van der Waals surface area contributed by atoms with E-state index in [9.17, 15) is 0 Å². The Labute approximate surface area is 231 Å². The van der Waals surface area contributed by atoms with E-state index in [-0.39, 0.29) is 12.1 Å². The Bertz CT molecular complexity index is 1520. The van der Waals surface area contributed by atoms with Gasteiger partial charge in [-0.15, -0.1) is 0 Å². The molecule has 3 heterocycles. The molecule has 0 spiro atoms. The largest absolute Gasteiger partial charge is 0.457 e. The van der Waals surface area contributed by atoms with E-state index in [0.29, 0.717) is 5.11 Å². The molecule has 1 saturated heterocycles. The first-order valence-corrected chi connectivity index (χ1v) is 13.5. The van der Waals surface area contributed by atoms with Gasteiger partial charge in [-0.25, -0.2) is 0 Å². The minimum Gasteiger partial charge on any atom is -0.457 e. The molecule has 0 saturated carbocycles. The third kappa shape index (κ3) is 5.16. The molecule has 0 aliphatic carbocycles. The summed E-state index contributed by atoms with van der Waals surface area (Å²) in [7, 11) is 0. The van der Waals surface area contributed by atoms with E-state index in [1.807, 2.05) is 84.9 Å². The zero-order chi connectivity index (χ0) is 25.9. The third-order valence-electron chi connectivity index (χ3n) is 6.32. The van der Waals surface area contributed by atoms with E-state index in [1.54, 1.807) is 18.0 Å². The van der Waals surface area contributed by atoms with Crippen molar-refractivity contribution < 1.29 is 9.15 Å². The van der Waals surface area contributed by atoms with Crippen molar-refractivity contribution >= 4 is 34.8 Å². The molecule has 0 radical (unpaired) electrons. The summed E-state index contributed by atoms with van der Waals surface area (Å²) in [6.07, 6.45) is 1.80. The fourth-order valence-electron chi connectivity index (χ4n) is 4.49. The van der Waals surface area contributed by atoms with Crippen molar-refractivity contribution in [2.24, 2.45) is 0 Å². The topological polar surface area (TPSA) is 50.5 Å². The summed E-state index contributed by atoms with van der Waals surface area (Å²) >= 11 is 7.45. The predicted octanol–water partition coefficient (Wildman–Crippen LogP) is 8.10. The summed E-state index contributed by atoms with van der Waals surface area (Å²) in [5.41, 5.74) is 3.07. The molecule has 38 heavy (non-hydrogen) atoms. The molecule has 1 N–H and O–H groups in total. The van der Waals surface area contributed by atoms with Crippen LogP contribution in [-0.2, 0) is 0 Å². The molecule has 0 amide bonds. The maximum Gasteiger partial charge on any atom is 0.174 e. The number of nitrogens with one attached hydrogen (secondary N) is 1. The molecule has 5 nitrogen and oxygen atoms in total. The SMILES string of the molecule is Cc1ccc(Sc2ccc(C3C(c4ccccn4)NC(=S)N3c3ccc(Oc4ccccc4)cc3)o2)cc1. The van der Waals surface area contributed by atoms with Gasteiger partial charge in [0.05, 0.1) is 11.7 Å². The van der Waals surface area contributed by atoms with Crippen LogP contribution in [0.15, 0.2) is 130 Å². The standard InChI is InChI=1S/C31H25N3O2S2/c1-21-10-16-25(17-11-21)38-28-19-18-27(36-28)30-29(26-9-5-6-20-32-26)33-31(37)34(30)22-12-14-24(15-13-22)35-23-7-3-2-4-8-23/h2-20,29-30H,1H3,(H,33,37). The summed E-state index contributed by atoms with van der Waals surface area (Å²) in [5.74, 6) is 2.36. The number of ether oxygens (including phenoxy) is 1. The van der Waals surface area contributed by atoms with Crippen LogP contribution in [0.3, 0.4) is 0 Å². The molecule has 2 aromatic heterocycles. The average Bonchev–Trinajstić information content (AvgIpc) is 3.55. The first-order valence-electron chi connectivity index (χ1n) is 12.3. The fraction of sp³-hybridized carbons (Fsp3) is 0.0968. The number of para-hydroxylation sites is 1. The normalized spacial score (nSPS) is 16.9. The number of rotatable bonds is 7. The number of hydrogen-bond donors (Lipinski definition) is 1. The van der Waals surface area contributed by atoms with Gasteiger partial charge in [-0.3, -0.25) is 4.98 Å². The monoisotopic (exact) mass is 535 g/mol. The fourth-order valence-corrected chi connectivity index (χ4v) is 5.62. The van der Waals surface area contributed by atoms with Gasteiger partial charge in [0.25, 0.3) is 0 Å². The number of nitrogens with zero attached hydrogens (tertiary/aromatic N) is 2. The van der Waals surface area contributed by atoms with Crippen LogP contribution in [-0.4, -0.2) is 10.1 Å². The smallest absolute Gasteiger partial charge is 0.174 e. The van der Waals surface area contributed by atoms with E-state index >= 15 is 0 Å². The lowest BCUT2D eigenvalue weighted by Gasteiger charge is -2.26. The Balaban J connectivity index is 1.31.